The van der Waals surface area contributed by atoms with E-state index < -0.39 is 17.9 Å². The molecule has 1 aliphatic rings. The number of nitrogens with one attached hydrogen (secondary N) is 2. The Labute approximate surface area is 234 Å². The highest BCUT2D eigenvalue weighted by Crippen LogP contribution is 2.45. The lowest BCUT2D eigenvalue weighted by atomic mass is 9.76. The largest absolute Gasteiger partial charge is 0.484 e. The minimum Gasteiger partial charge on any atom is -0.484 e. The predicted molar refractivity (Wildman–Crippen MR) is 147 cm³/mol. The maximum absolute atomic E-state index is 12.9. The van der Waals surface area contributed by atoms with E-state index in [-0.39, 0.29) is 35.6 Å². The molecule has 1 fully saturated rings. The Morgan fingerprint density at radius 2 is 1.95 bits per heavy atom. The second kappa shape index (κ2) is 11.5. The summed E-state index contributed by atoms with van der Waals surface area (Å²) in [5.41, 5.74) is 2.72. The molecule has 210 valence electrons. The summed E-state index contributed by atoms with van der Waals surface area (Å²) in [7, 11) is 0. The summed E-state index contributed by atoms with van der Waals surface area (Å²) < 4.78 is 50.9. The van der Waals surface area contributed by atoms with Crippen LogP contribution in [0.1, 0.15) is 49.2 Å². The van der Waals surface area contributed by atoms with Crippen LogP contribution in [0.2, 0.25) is 5.02 Å². The highest BCUT2D eigenvalue weighted by Gasteiger charge is 2.36. The van der Waals surface area contributed by atoms with E-state index in [0.29, 0.717) is 24.0 Å². The third-order valence-electron chi connectivity index (χ3n) is 7.21. The van der Waals surface area contributed by atoms with Crippen LogP contribution < -0.4 is 10.1 Å². The lowest BCUT2D eigenvalue weighted by Gasteiger charge is -2.39. The lowest BCUT2D eigenvalue weighted by Crippen LogP contribution is -2.31. The van der Waals surface area contributed by atoms with Gasteiger partial charge in [0.1, 0.15) is 5.75 Å². The van der Waals surface area contributed by atoms with Gasteiger partial charge in [-0.2, -0.15) is 13.2 Å². The quantitative estimate of drug-likeness (QED) is 0.238. The van der Waals surface area contributed by atoms with Gasteiger partial charge in [-0.1, -0.05) is 55.8 Å². The topological polar surface area (TPSA) is 76.2 Å². The average Bonchev–Trinajstić information content (AvgIpc) is 3.36. The van der Waals surface area contributed by atoms with Crippen LogP contribution in [-0.4, -0.2) is 29.1 Å². The molecule has 3 atom stereocenters. The molecule has 3 aromatic carbocycles. The Balaban J connectivity index is 1.22. The number of imidazole rings is 1. The molecule has 4 aromatic rings. The molecule has 0 spiro atoms. The van der Waals surface area contributed by atoms with E-state index in [2.05, 4.69) is 35.2 Å². The van der Waals surface area contributed by atoms with Crippen LogP contribution in [0.15, 0.2) is 66.7 Å². The Morgan fingerprint density at radius 1 is 1.15 bits per heavy atom. The van der Waals surface area contributed by atoms with Gasteiger partial charge in [0.2, 0.25) is 5.82 Å². The fraction of sp³-hybridized carbons (Fsp3) is 0.333. The van der Waals surface area contributed by atoms with E-state index in [1.165, 1.54) is 18.2 Å². The SMILES string of the molecule is CC(C)[C@@H]1C[C@H](c2ccccc2Cl)CO[C@H]1c1cccc(OCC(=O)Nc2ccc3nc(C(F)(F)F)[nH]c3c2)c1. The van der Waals surface area contributed by atoms with Crippen molar-refractivity contribution in [3.63, 3.8) is 0 Å². The number of fused-ring (bicyclic) bond motifs is 1. The van der Waals surface area contributed by atoms with Crippen molar-refractivity contribution in [1.29, 1.82) is 0 Å². The summed E-state index contributed by atoms with van der Waals surface area (Å²) in [4.78, 5) is 18.3. The van der Waals surface area contributed by atoms with Gasteiger partial charge in [-0.3, -0.25) is 4.79 Å². The second-order valence-electron chi connectivity index (χ2n) is 10.3. The predicted octanol–water partition coefficient (Wildman–Crippen LogP) is 7.77. The third-order valence-corrected chi connectivity index (χ3v) is 7.56. The van der Waals surface area contributed by atoms with Gasteiger partial charge >= 0.3 is 6.18 Å². The number of alkyl halides is 3. The maximum Gasteiger partial charge on any atom is 0.449 e. The number of carbonyl (C=O) groups is 1. The van der Waals surface area contributed by atoms with Crippen LogP contribution in [-0.2, 0) is 15.7 Å². The molecule has 40 heavy (non-hydrogen) atoms. The van der Waals surface area contributed by atoms with Crippen LogP contribution in [0.4, 0.5) is 18.9 Å². The second-order valence-corrected chi connectivity index (χ2v) is 10.7. The van der Waals surface area contributed by atoms with E-state index in [9.17, 15) is 18.0 Å². The number of rotatable bonds is 7. The van der Waals surface area contributed by atoms with Gasteiger partial charge in [0.15, 0.2) is 6.61 Å². The van der Waals surface area contributed by atoms with Crippen LogP contribution in [0, 0.1) is 11.8 Å². The number of H-pyrrole nitrogens is 1. The first-order chi connectivity index (χ1) is 19.1. The molecule has 2 N–H and O–H groups in total. The van der Waals surface area contributed by atoms with Crippen molar-refractivity contribution in [3.8, 4) is 5.75 Å². The lowest BCUT2D eigenvalue weighted by molar-refractivity contribution is -0.144. The zero-order valence-corrected chi connectivity index (χ0v) is 22.7. The zero-order chi connectivity index (χ0) is 28.4. The number of amides is 1. The number of hydrogen-bond acceptors (Lipinski definition) is 4. The number of hydrogen-bond donors (Lipinski definition) is 2. The third kappa shape index (κ3) is 6.26. The Morgan fingerprint density at radius 3 is 2.70 bits per heavy atom. The molecule has 0 radical (unpaired) electrons. The minimum atomic E-state index is -4.58. The normalized spacial score (nSPS) is 19.6. The van der Waals surface area contributed by atoms with Crippen LogP contribution in [0.3, 0.4) is 0 Å². The van der Waals surface area contributed by atoms with Crippen molar-refractivity contribution >= 4 is 34.2 Å². The molecule has 2 heterocycles. The van der Waals surface area contributed by atoms with Crippen molar-refractivity contribution in [3.05, 3.63) is 88.7 Å². The number of aromatic amines is 1. The highest BCUT2D eigenvalue weighted by molar-refractivity contribution is 6.31. The molecule has 1 aromatic heterocycles. The first-order valence-electron chi connectivity index (χ1n) is 13.0. The molecule has 0 bridgehead atoms. The van der Waals surface area contributed by atoms with Crippen molar-refractivity contribution in [2.24, 2.45) is 11.8 Å². The molecule has 6 nitrogen and oxygen atoms in total. The number of anilines is 1. The van der Waals surface area contributed by atoms with Crippen molar-refractivity contribution in [2.75, 3.05) is 18.5 Å². The number of aromatic nitrogens is 2. The summed E-state index contributed by atoms with van der Waals surface area (Å²) in [5, 5.41) is 3.40. The summed E-state index contributed by atoms with van der Waals surface area (Å²) in [6.45, 7) is 4.65. The van der Waals surface area contributed by atoms with Crippen LogP contribution >= 0.6 is 11.6 Å². The minimum absolute atomic E-state index is 0.126. The zero-order valence-electron chi connectivity index (χ0n) is 22.0. The molecule has 1 saturated heterocycles. The van der Waals surface area contributed by atoms with Crippen molar-refractivity contribution in [2.45, 2.75) is 38.5 Å². The summed E-state index contributed by atoms with van der Waals surface area (Å²) >= 11 is 6.46. The van der Waals surface area contributed by atoms with Gasteiger partial charge in [-0.25, -0.2) is 4.98 Å². The van der Waals surface area contributed by atoms with E-state index in [0.717, 1.165) is 22.6 Å². The summed E-state index contributed by atoms with van der Waals surface area (Å²) in [5.74, 6) is -0.187. The van der Waals surface area contributed by atoms with E-state index >= 15 is 0 Å². The molecular formula is C30H29ClF3N3O3. The first kappa shape index (κ1) is 28.0. The Hall–Kier alpha value is -3.56. The molecule has 5 rings (SSSR count). The van der Waals surface area contributed by atoms with Crippen molar-refractivity contribution < 1.29 is 27.4 Å². The number of nitrogens with zero attached hydrogens (tertiary/aromatic N) is 1. The maximum atomic E-state index is 12.9. The summed E-state index contributed by atoms with van der Waals surface area (Å²) in [6, 6.07) is 19.7. The molecule has 0 unspecified atom stereocenters. The fourth-order valence-electron chi connectivity index (χ4n) is 5.20. The van der Waals surface area contributed by atoms with Gasteiger partial charge in [0.05, 0.1) is 23.7 Å². The van der Waals surface area contributed by atoms with E-state index in [1.54, 1.807) is 6.07 Å². The molecule has 1 aliphatic heterocycles. The van der Waals surface area contributed by atoms with Gasteiger partial charge in [0.25, 0.3) is 5.91 Å². The molecule has 10 heteroatoms. The standard InChI is InChI=1S/C30H29ClF3N3O3/c1-17(2)23-13-19(22-8-3-4-9-24(22)31)15-40-28(23)18-6-5-7-21(12-18)39-16-27(38)35-20-10-11-25-26(14-20)37-29(36-25)30(32,33)34/h3-12,14,17,19,23,28H,13,15-16H2,1-2H3,(H,35,38)(H,36,37)/t19-,23-,28-/m0/s1. The number of carbonyl (C=O) groups excluding carboxylic acids is 1. The Bertz CT molecular complexity index is 1500. The number of benzene rings is 3. The summed E-state index contributed by atoms with van der Waals surface area (Å²) in [6.07, 6.45) is -3.77. The Kier molecular flexibility index (Phi) is 8.05. The van der Waals surface area contributed by atoms with E-state index in [4.69, 9.17) is 21.1 Å². The average molecular weight is 572 g/mol. The number of halogens is 4. The monoisotopic (exact) mass is 571 g/mol. The first-order valence-corrected chi connectivity index (χ1v) is 13.4. The highest BCUT2D eigenvalue weighted by atomic mass is 35.5. The van der Waals surface area contributed by atoms with Crippen LogP contribution in [0.5, 0.6) is 5.75 Å². The van der Waals surface area contributed by atoms with Gasteiger partial charge in [0, 0.05) is 16.6 Å². The number of ether oxygens (including phenoxy) is 2. The molecule has 0 saturated carbocycles. The van der Waals surface area contributed by atoms with Gasteiger partial charge < -0.3 is 19.8 Å². The fourth-order valence-corrected chi connectivity index (χ4v) is 5.49. The molecule has 1 amide bonds. The molecule has 0 aliphatic carbocycles. The van der Waals surface area contributed by atoms with E-state index in [1.807, 2.05) is 36.4 Å². The molecular weight excluding hydrogens is 543 g/mol. The van der Waals surface area contributed by atoms with Gasteiger partial charge in [-0.15, -0.1) is 0 Å². The van der Waals surface area contributed by atoms with Crippen molar-refractivity contribution in [1.82, 2.24) is 9.97 Å². The van der Waals surface area contributed by atoms with Gasteiger partial charge in [-0.05, 0) is 65.8 Å². The smallest absolute Gasteiger partial charge is 0.449 e. The van der Waals surface area contributed by atoms with Crippen LogP contribution in [0.25, 0.3) is 11.0 Å².